The molecule has 0 saturated carbocycles. The first kappa shape index (κ1) is 17.4. The van der Waals surface area contributed by atoms with E-state index in [1.165, 1.54) is 18.3 Å². The third-order valence-corrected chi connectivity index (χ3v) is 4.00. The fourth-order valence-corrected chi connectivity index (χ4v) is 2.56. The molecule has 5 nitrogen and oxygen atoms in total. The van der Waals surface area contributed by atoms with Crippen molar-refractivity contribution in [3.63, 3.8) is 0 Å². The summed E-state index contributed by atoms with van der Waals surface area (Å²) in [5.74, 6) is -0.271. The minimum Gasteiger partial charge on any atom is -0.403 e. The highest BCUT2D eigenvalue weighted by atomic mass is 19.1. The van der Waals surface area contributed by atoms with Crippen LogP contribution in [0.4, 0.5) is 10.1 Å². The second kappa shape index (κ2) is 7.65. The maximum atomic E-state index is 13.1. The van der Waals surface area contributed by atoms with Crippen LogP contribution in [-0.4, -0.2) is 10.2 Å². The Morgan fingerprint density at radius 3 is 2.42 bits per heavy atom. The zero-order valence-electron chi connectivity index (χ0n) is 14.4. The number of aryl methyl sites for hydroxylation is 1. The number of nitrogen functional groups attached to an aromatic ring is 1. The van der Waals surface area contributed by atoms with Crippen LogP contribution >= 0.6 is 0 Å². The van der Waals surface area contributed by atoms with Crippen molar-refractivity contribution in [3.8, 4) is 11.1 Å². The molecule has 0 aliphatic carbocycles. The minimum absolute atomic E-state index is 0.271. The van der Waals surface area contributed by atoms with Gasteiger partial charge in [-0.15, -0.1) is 0 Å². The molecule has 2 aromatic carbocycles. The Bertz CT molecular complexity index is 918. The van der Waals surface area contributed by atoms with Gasteiger partial charge in [-0.25, -0.2) is 4.39 Å². The third-order valence-electron chi connectivity index (χ3n) is 4.00. The molecule has 0 unspecified atom stereocenters. The Balaban J connectivity index is 1.84. The van der Waals surface area contributed by atoms with E-state index in [-0.39, 0.29) is 5.82 Å². The molecule has 0 amide bonds. The van der Waals surface area contributed by atoms with Gasteiger partial charge in [0.05, 0.1) is 23.6 Å². The van der Waals surface area contributed by atoms with Gasteiger partial charge in [0.2, 0.25) is 0 Å². The Kier molecular flexibility index (Phi) is 5.12. The molecule has 0 aliphatic heterocycles. The summed E-state index contributed by atoms with van der Waals surface area (Å²) >= 11 is 0. The van der Waals surface area contributed by atoms with Gasteiger partial charge in [-0.3, -0.25) is 0 Å². The van der Waals surface area contributed by atoms with Gasteiger partial charge in [-0.05, 0) is 54.4 Å². The lowest BCUT2D eigenvalue weighted by molar-refractivity contribution is 0.628. The van der Waals surface area contributed by atoms with Gasteiger partial charge in [0.15, 0.2) is 0 Å². The molecule has 3 rings (SSSR count). The lowest BCUT2D eigenvalue weighted by Crippen LogP contribution is -2.15. The average molecular weight is 349 g/mol. The number of nitrogens with two attached hydrogens (primary N) is 2. The summed E-state index contributed by atoms with van der Waals surface area (Å²) < 4.78 is 13.1. The van der Waals surface area contributed by atoms with E-state index in [9.17, 15) is 4.39 Å². The number of benzene rings is 2. The third kappa shape index (κ3) is 3.97. The summed E-state index contributed by atoms with van der Waals surface area (Å²) in [6.45, 7) is 2.35. The Hall–Kier alpha value is -3.41. The first-order valence-electron chi connectivity index (χ1n) is 8.17. The van der Waals surface area contributed by atoms with Crippen LogP contribution < -0.4 is 16.8 Å². The van der Waals surface area contributed by atoms with E-state index in [0.29, 0.717) is 17.9 Å². The SMILES string of the molecule is Cc1ccc(CN/C(=C/N)c2cc(-c3ccc(F)cc3)ccc2N)nn1. The molecule has 0 fully saturated rings. The summed E-state index contributed by atoms with van der Waals surface area (Å²) in [6, 6.07) is 15.8. The van der Waals surface area contributed by atoms with Crippen molar-refractivity contribution in [2.24, 2.45) is 5.73 Å². The van der Waals surface area contributed by atoms with Crippen LogP contribution in [0, 0.1) is 12.7 Å². The molecule has 26 heavy (non-hydrogen) atoms. The number of anilines is 1. The Morgan fingerprint density at radius 1 is 1.04 bits per heavy atom. The molecular formula is C20H20FN5. The number of hydrogen-bond donors (Lipinski definition) is 3. The van der Waals surface area contributed by atoms with E-state index in [2.05, 4.69) is 15.5 Å². The molecule has 0 saturated heterocycles. The summed E-state index contributed by atoms with van der Waals surface area (Å²) in [4.78, 5) is 0. The number of rotatable bonds is 5. The molecular weight excluding hydrogens is 329 g/mol. The second-order valence-corrected chi connectivity index (χ2v) is 5.91. The molecule has 0 radical (unpaired) electrons. The first-order chi connectivity index (χ1) is 12.6. The van der Waals surface area contributed by atoms with E-state index < -0.39 is 0 Å². The van der Waals surface area contributed by atoms with Crippen LogP contribution in [0.15, 0.2) is 60.8 Å². The van der Waals surface area contributed by atoms with Gasteiger partial charge < -0.3 is 16.8 Å². The lowest BCUT2D eigenvalue weighted by Gasteiger charge is -2.14. The Labute approximate surface area is 151 Å². The quantitative estimate of drug-likeness (QED) is 0.615. The molecule has 132 valence electrons. The molecule has 0 spiro atoms. The van der Waals surface area contributed by atoms with Gasteiger partial charge in [-0.2, -0.15) is 10.2 Å². The first-order valence-corrected chi connectivity index (χ1v) is 8.17. The fraction of sp³-hybridized carbons (Fsp3) is 0.100. The minimum atomic E-state index is -0.271. The van der Waals surface area contributed by atoms with E-state index >= 15 is 0 Å². The summed E-state index contributed by atoms with van der Waals surface area (Å²) in [7, 11) is 0. The highest BCUT2D eigenvalue weighted by Gasteiger charge is 2.09. The van der Waals surface area contributed by atoms with Crippen molar-refractivity contribution in [2.45, 2.75) is 13.5 Å². The predicted octanol–water partition coefficient (Wildman–Crippen LogP) is 3.22. The van der Waals surface area contributed by atoms with Crippen LogP contribution in [0.3, 0.4) is 0 Å². The van der Waals surface area contributed by atoms with Crippen molar-refractivity contribution < 1.29 is 4.39 Å². The van der Waals surface area contributed by atoms with Crippen LogP contribution in [0.2, 0.25) is 0 Å². The zero-order chi connectivity index (χ0) is 18.5. The summed E-state index contributed by atoms with van der Waals surface area (Å²) in [5.41, 5.74) is 17.5. The average Bonchev–Trinajstić information content (AvgIpc) is 2.65. The van der Waals surface area contributed by atoms with Crippen LogP contribution in [-0.2, 0) is 6.54 Å². The molecule has 3 aromatic rings. The van der Waals surface area contributed by atoms with Gasteiger partial charge in [0, 0.05) is 17.5 Å². The van der Waals surface area contributed by atoms with Crippen LogP contribution in [0.1, 0.15) is 17.0 Å². The maximum absolute atomic E-state index is 13.1. The van der Waals surface area contributed by atoms with E-state index in [0.717, 1.165) is 28.1 Å². The van der Waals surface area contributed by atoms with Crippen molar-refractivity contribution in [1.82, 2.24) is 15.5 Å². The number of nitrogens with one attached hydrogen (secondary N) is 1. The monoisotopic (exact) mass is 349 g/mol. The largest absolute Gasteiger partial charge is 0.403 e. The Morgan fingerprint density at radius 2 is 1.77 bits per heavy atom. The molecule has 0 bridgehead atoms. The number of aromatic nitrogens is 2. The van der Waals surface area contributed by atoms with Gasteiger partial charge in [0.1, 0.15) is 5.82 Å². The summed E-state index contributed by atoms with van der Waals surface area (Å²) in [5, 5.41) is 11.4. The van der Waals surface area contributed by atoms with E-state index in [1.807, 2.05) is 37.3 Å². The standard InChI is InChI=1S/C20H20FN5/c1-13-2-8-17(26-25-13)12-24-20(11-22)18-10-15(5-9-19(18)23)14-3-6-16(21)7-4-14/h2-11,24H,12,22-23H2,1H3/b20-11+. The van der Waals surface area contributed by atoms with E-state index in [4.69, 9.17) is 11.5 Å². The number of nitrogens with zero attached hydrogens (tertiary/aromatic N) is 2. The van der Waals surface area contributed by atoms with Crippen molar-refractivity contribution in [2.75, 3.05) is 5.73 Å². The van der Waals surface area contributed by atoms with Crippen molar-refractivity contribution in [1.29, 1.82) is 0 Å². The normalized spacial score (nSPS) is 11.4. The number of hydrogen-bond acceptors (Lipinski definition) is 5. The lowest BCUT2D eigenvalue weighted by atomic mass is 10.0. The molecule has 0 atom stereocenters. The highest BCUT2D eigenvalue weighted by Crippen LogP contribution is 2.27. The van der Waals surface area contributed by atoms with Crippen LogP contribution in [0.5, 0.6) is 0 Å². The maximum Gasteiger partial charge on any atom is 0.123 e. The molecule has 1 heterocycles. The molecule has 5 N–H and O–H groups in total. The molecule has 0 aliphatic rings. The van der Waals surface area contributed by atoms with Crippen molar-refractivity contribution >= 4 is 11.4 Å². The smallest absolute Gasteiger partial charge is 0.123 e. The van der Waals surface area contributed by atoms with Gasteiger partial charge in [-0.1, -0.05) is 18.2 Å². The fourth-order valence-electron chi connectivity index (χ4n) is 2.56. The van der Waals surface area contributed by atoms with Crippen molar-refractivity contribution in [3.05, 3.63) is 83.6 Å². The summed E-state index contributed by atoms with van der Waals surface area (Å²) in [6.07, 6.45) is 1.47. The number of halogens is 1. The van der Waals surface area contributed by atoms with E-state index in [1.54, 1.807) is 12.1 Å². The molecule has 1 aromatic heterocycles. The predicted molar refractivity (Wildman–Crippen MR) is 102 cm³/mol. The second-order valence-electron chi connectivity index (χ2n) is 5.91. The molecule has 6 heteroatoms. The highest BCUT2D eigenvalue weighted by molar-refractivity contribution is 5.79. The van der Waals surface area contributed by atoms with Crippen LogP contribution in [0.25, 0.3) is 16.8 Å². The zero-order valence-corrected chi connectivity index (χ0v) is 14.4. The van der Waals surface area contributed by atoms with Gasteiger partial charge >= 0.3 is 0 Å². The topological polar surface area (TPSA) is 89.8 Å². The van der Waals surface area contributed by atoms with Gasteiger partial charge in [0.25, 0.3) is 0 Å².